The van der Waals surface area contributed by atoms with Crippen LogP contribution in [0.1, 0.15) is 22.4 Å². The highest BCUT2D eigenvalue weighted by molar-refractivity contribution is 8.06. The van der Waals surface area contributed by atoms with Crippen LogP contribution in [0.2, 0.25) is 0 Å². The van der Waals surface area contributed by atoms with Crippen molar-refractivity contribution in [3.63, 3.8) is 0 Å². The Morgan fingerprint density at radius 3 is 2.80 bits per heavy atom. The molecule has 1 aliphatic heterocycles. The molecule has 0 unspecified atom stereocenters. The normalized spacial score (nSPS) is 14.5. The fourth-order valence-corrected chi connectivity index (χ4v) is 3.83. The van der Waals surface area contributed by atoms with Crippen molar-refractivity contribution in [3.05, 3.63) is 93.9 Å². The standard InChI is InChI=1S/C23H20N6S/c1-16-4-6-18(7-5-16)21-15-30-22(28-21)19(13-24)20-9-12-27-23(29-20)26-11-8-17-3-2-10-25-14-17/h2-7,9-10,12,14-15,28H,8,11H2,1H3,(H,26,27,29)/b22-19+. The lowest BCUT2D eigenvalue weighted by Crippen LogP contribution is -2.10. The highest BCUT2D eigenvalue weighted by atomic mass is 32.2. The Morgan fingerprint density at radius 1 is 1.17 bits per heavy atom. The Kier molecular flexibility index (Phi) is 6.06. The Balaban J connectivity index is 1.46. The molecule has 0 radical (unpaired) electrons. The largest absolute Gasteiger partial charge is 0.354 e. The molecule has 3 heterocycles. The van der Waals surface area contributed by atoms with Crippen LogP contribution in [0.4, 0.5) is 5.95 Å². The van der Waals surface area contributed by atoms with Crippen LogP contribution in [0.15, 0.2) is 71.5 Å². The van der Waals surface area contributed by atoms with E-state index in [1.54, 1.807) is 18.5 Å². The number of thioether (sulfide) groups is 1. The van der Waals surface area contributed by atoms with E-state index in [0.717, 1.165) is 28.3 Å². The van der Waals surface area contributed by atoms with E-state index in [-0.39, 0.29) is 0 Å². The van der Waals surface area contributed by atoms with Crippen molar-refractivity contribution in [2.24, 2.45) is 0 Å². The van der Waals surface area contributed by atoms with Gasteiger partial charge in [0.2, 0.25) is 5.95 Å². The number of benzene rings is 1. The van der Waals surface area contributed by atoms with Crippen LogP contribution in [-0.4, -0.2) is 21.5 Å². The summed E-state index contributed by atoms with van der Waals surface area (Å²) in [5, 5.41) is 19.1. The first-order valence-electron chi connectivity index (χ1n) is 9.54. The third-order valence-electron chi connectivity index (χ3n) is 4.58. The summed E-state index contributed by atoms with van der Waals surface area (Å²) < 4.78 is 0. The zero-order valence-corrected chi connectivity index (χ0v) is 17.3. The molecule has 0 atom stereocenters. The number of anilines is 1. The SMILES string of the molecule is Cc1ccc(C2=CS/C(=C(\C#N)c3ccnc(NCCc4cccnc4)n3)N2)cc1. The predicted molar refractivity (Wildman–Crippen MR) is 121 cm³/mol. The Morgan fingerprint density at radius 2 is 2.03 bits per heavy atom. The van der Waals surface area contributed by atoms with Crippen molar-refractivity contribution in [1.82, 2.24) is 20.3 Å². The fourth-order valence-electron chi connectivity index (χ4n) is 2.97. The average Bonchev–Trinajstić information content (AvgIpc) is 3.26. The van der Waals surface area contributed by atoms with Crippen LogP contribution in [0.3, 0.4) is 0 Å². The third kappa shape index (κ3) is 4.67. The molecule has 0 spiro atoms. The number of nitrogens with zero attached hydrogens (tertiary/aromatic N) is 4. The van der Waals surface area contributed by atoms with E-state index >= 15 is 0 Å². The summed E-state index contributed by atoms with van der Waals surface area (Å²) in [7, 11) is 0. The van der Waals surface area contributed by atoms with Gasteiger partial charge in [-0.1, -0.05) is 47.7 Å². The Bertz CT molecular complexity index is 1130. The number of allylic oxidation sites excluding steroid dienone is 1. The van der Waals surface area contributed by atoms with Gasteiger partial charge < -0.3 is 10.6 Å². The number of hydrogen-bond donors (Lipinski definition) is 2. The van der Waals surface area contributed by atoms with Crippen LogP contribution < -0.4 is 10.6 Å². The quantitative estimate of drug-likeness (QED) is 0.582. The summed E-state index contributed by atoms with van der Waals surface area (Å²) in [5.41, 5.74) is 5.50. The smallest absolute Gasteiger partial charge is 0.223 e. The molecule has 0 amide bonds. The van der Waals surface area contributed by atoms with Crippen LogP contribution in [0.25, 0.3) is 11.3 Å². The second kappa shape index (κ2) is 9.25. The number of hydrogen-bond acceptors (Lipinski definition) is 7. The number of pyridine rings is 1. The Labute approximate surface area is 179 Å². The minimum Gasteiger partial charge on any atom is -0.354 e. The first-order valence-corrected chi connectivity index (χ1v) is 10.4. The molecule has 7 heteroatoms. The van der Waals surface area contributed by atoms with Gasteiger partial charge in [0.15, 0.2) is 0 Å². The molecule has 2 aromatic heterocycles. The highest BCUT2D eigenvalue weighted by Crippen LogP contribution is 2.34. The van der Waals surface area contributed by atoms with Crippen LogP contribution in [-0.2, 0) is 6.42 Å². The molecule has 2 N–H and O–H groups in total. The summed E-state index contributed by atoms with van der Waals surface area (Å²) in [6.45, 7) is 2.74. The minimum atomic E-state index is 0.496. The molecular formula is C23H20N6S. The summed E-state index contributed by atoms with van der Waals surface area (Å²) in [6.07, 6.45) is 6.09. The molecule has 0 fully saturated rings. The van der Waals surface area contributed by atoms with Crippen molar-refractivity contribution in [2.75, 3.05) is 11.9 Å². The number of aryl methyl sites for hydroxylation is 1. The van der Waals surface area contributed by atoms with Gasteiger partial charge in [-0.15, -0.1) is 0 Å². The lowest BCUT2D eigenvalue weighted by atomic mass is 10.1. The van der Waals surface area contributed by atoms with Crippen molar-refractivity contribution in [3.8, 4) is 6.07 Å². The van der Waals surface area contributed by atoms with E-state index in [4.69, 9.17) is 0 Å². The maximum atomic E-state index is 9.78. The van der Waals surface area contributed by atoms with Gasteiger partial charge >= 0.3 is 0 Å². The van der Waals surface area contributed by atoms with E-state index in [1.165, 1.54) is 17.3 Å². The van der Waals surface area contributed by atoms with E-state index < -0.39 is 0 Å². The van der Waals surface area contributed by atoms with Gasteiger partial charge in [-0.2, -0.15) is 5.26 Å². The topological polar surface area (TPSA) is 86.5 Å². The molecule has 148 valence electrons. The van der Waals surface area contributed by atoms with Gasteiger partial charge in [0.1, 0.15) is 11.6 Å². The molecule has 0 bridgehead atoms. The lowest BCUT2D eigenvalue weighted by molar-refractivity contribution is 0.971. The molecule has 4 rings (SSSR count). The first-order chi connectivity index (χ1) is 14.7. The van der Waals surface area contributed by atoms with Crippen molar-refractivity contribution < 1.29 is 0 Å². The second-order valence-corrected chi connectivity index (χ2v) is 7.64. The number of nitriles is 1. The van der Waals surface area contributed by atoms with Crippen LogP contribution in [0, 0.1) is 18.3 Å². The van der Waals surface area contributed by atoms with Crippen molar-refractivity contribution in [1.29, 1.82) is 5.26 Å². The van der Waals surface area contributed by atoms with E-state index in [0.29, 0.717) is 23.8 Å². The van der Waals surface area contributed by atoms with Gasteiger partial charge in [-0.05, 0) is 36.6 Å². The number of rotatable bonds is 6. The summed E-state index contributed by atoms with van der Waals surface area (Å²) >= 11 is 1.49. The monoisotopic (exact) mass is 412 g/mol. The lowest BCUT2D eigenvalue weighted by Gasteiger charge is -2.09. The number of aromatic nitrogens is 3. The predicted octanol–water partition coefficient (Wildman–Crippen LogP) is 4.36. The summed E-state index contributed by atoms with van der Waals surface area (Å²) in [6, 6.07) is 16.3. The van der Waals surface area contributed by atoms with E-state index in [2.05, 4.69) is 62.8 Å². The third-order valence-corrected chi connectivity index (χ3v) is 5.47. The van der Waals surface area contributed by atoms with E-state index in [9.17, 15) is 5.26 Å². The van der Waals surface area contributed by atoms with Gasteiger partial charge in [0, 0.05) is 30.5 Å². The van der Waals surface area contributed by atoms with E-state index in [1.807, 2.05) is 23.7 Å². The zero-order chi connectivity index (χ0) is 20.8. The van der Waals surface area contributed by atoms with Crippen LogP contribution in [0.5, 0.6) is 0 Å². The minimum absolute atomic E-state index is 0.496. The molecule has 0 aliphatic carbocycles. The van der Waals surface area contributed by atoms with Gasteiger partial charge in [-0.3, -0.25) is 4.98 Å². The molecular weight excluding hydrogens is 392 g/mol. The van der Waals surface area contributed by atoms with Crippen molar-refractivity contribution >= 4 is 29.0 Å². The molecule has 1 aliphatic rings. The molecule has 3 aromatic rings. The molecule has 0 saturated carbocycles. The summed E-state index contributed by atoms with van der Waals surface area (Å²) in [5.74, 6) is 0.499. The highest BCUT2D eigenvalue weighted by Gasteiger charge is 2.18. The average molecular weight is 413 g/mol. The fraction of sp³-hybridized carbons (Fsp3) is 0.130. The maximum Gasteiger partial charge on any atom is 0.223 e. The molecule has 30 heavy (non-hydrogen) atoms. The number of nitrogens with one attached hydrogen (secondary N) is 2. The molecule has 1 aromatic carbocycles. The first kappa shape index (κ1) is 19.7. The molecule has 0 saturated heterocycles. The Hall–Kier alpha value is -3.63. The van der Waals surface area contributed by atoms with Crippen LogP contribution >= 0.6 is 11.8 Å². The maximum absolute atomic E-state index is 9.78. The summed E-state index contributed by atoms with van der Waals surface area (Å²) in [4.78, 5) is 12.9. The van der Waals surface area contributed by atoms with Gasteiger partial charge in [-0.25, -0.2) is 9.97 Å². The molecule has 6 nitrogen and oxygen atoms in total. The van der Waals surface area contributed by atoms with Gasteiger partial charge in [0.05, 0.1) is 16.4 Å². The van der Waals surface area contributed by atoms with Gasteiger partial charge in [0.25, 0.3) is 0 Å². The zero-order valence-electron chi connectivity index (χ0n) is 16.5. The van der Waals surface area contributed by atoms with Crippen molar-refractivity contribution in [2.45, 2.75) is 13.3 Å². The second-order valence-electron chi connectivity index (χ2n) is 6.76.